The van der Waals surface area contributed by atoms with Crippen LogP contribution in [0.4, 0.5) is 0 Å². The topological polar surface area (TPSA) is 70.5 Å². The number of fused-ring (bicyclic) bond motifs is 1. The van der Waals surface area contributed by atoms with Crippen LogP contribution in [0.3, 0.4) is 0 Å². The van der Waals surface area contributed by atoms with Crippen LogP contribution >= 0.6 is 11.6 Å². The number of hydrogen-bond acceptors (Lipinski definition) is 4. The van der Waals surface area contributed by atoms with Crippen molar-refractivity contribution < 1.29 is 9.59 Å². The van der Waals surface area contributed by atoms with Crippen LogP contribution in [0.15, 0.2) is 36.7 Å². The summed E-state index contributed by atoms with van der Waals surface area (Å²) in [6.07, 6.45) is 10.7. The molecule has 2 amide bonds. The number of benzene rings is 1. The Hall–Kier alpha value is -2.38. The lowest BCUT2D eigenvalue weighted by Gasteiger charge is -2.45. The van der Waals surface area contributed by atoms with Crippen LogP contribution in [0, 0.1) is 5.92 Å². The molecule has 3 aliphatic rings. The van der Waals surface area contributed by atoms with Gasteiger partial charge in [-0.2, -0.15) is 5.10 Å². The van der Waals surface area contributed by atoms with Crippen molar-refractivity contribution in [2.24, 2.45) is 5.92 Å². The van der Waals surface area contributed by atoms with E-state index in [0.29, 0.717) is 30.6 Å². The molecule has 2 aliphatic heterocycles. The molecule has 7 nitrogen and oxygen atoms in total. The Morgan fingerprint density at radius 1 is 1.09 bits per heavy atom. The summed E-state index contributed by atoms with van der Waals surface area (Å²) in [5, 5.41) is 8.14. The monoisotopic (exact) mass is 455 g/mol. The first-order valence-electron chi connectivity index (χ1n) is 11.7. The highest BCUT2D eigenvalue weighted by atomic mass is 35.5. The number of halogens is 1. The van der Waals surface area contributed by atoms with Gasteiger partial charge in [-0.05, 0) is 24.5 Å². The summed E-state index contributed by atoms with van der Waals surface area (Å²) in [4.78, 5) is 30.0. The van der Waals surface area contributed by atoms with Gasteiger partial charge < -0.3 is 10.2 Å². The van der Waals surface area contributed by atoms with Crippen molar-refractivity contribution in [3.05, 3.63) is 47.2 Å². The number of rotatable bonds is 5. The van der Waals surface area contributed by atoms with Crippen LogP contribution < -0.4 is 5.32 Å². The number of carbonyl (C=O) groups is 2. The number of nitrogens with one attached hydrogen (secondary N) is 1. The molecule has 1 aromatic heterocycles. The Morgan fingerprint density at radius 2 is 1.91 bits per heavy atom. The van der Waals surface area contributed by atoms with Crippen molar-refractivity contribution in [2.45, 2.75) is 57.2 Å². The Bertz CT molecular complexity index is 986. The van der Waals surface area contributed by atoms with Gasteiger partial charge in [0.25, 0.3) is 0 Å². The third-order valence-corrected chi connectivity index (χ3v) is 7.42. The summed E-state index contributed by atoms with van der Waals surface area (Å²) in [5.41, 5.74) is 1.89. The number of aromatic nitrogens is 2. The Morgan fingerprint density at radius 3 is 2.72 bits per heavy atom. The van der Waals surface area contributed by atoms with E-state index in [9.17, 15) is 9.59 Å². The van der Waals surface area contributed by atoms with Crippen LogP contribution in [0.25, 0.3) is 5.69 Å². The van der Waals surface area contributed by atoms with Crippen molar-refractivity contribution in [1.29, 1.82) is 0 Å². The maximum absolute atomic E-state index is 13.1. The van der Waals surface area contributed by atoms with Gasteiger partial charge in [0, 0.05) is 37.9 Å². The van der Waals surface area contributed by atoms with Gasteiger partial charge in [-0.3, -0.25) is 14.5 Å². The first-order valence-corrected chi connectivity index (χ1v) is 12.1. The molecule has 170 valence electrons. The molecule has 2 atom stereocenters. The summed E-state index contributed by atoms with van der Waals surface area (Å²) in [7, 11) is 0. The molecule has 0 bridgehead atoms. The van der Waals surface area contributed by atoms with E-state index in [2.05, 4.69) is 15.3 Å². The highest BCUT2D eigenvalue weighted by Crippen LogP contribution is 2.29. The normalized spacial score (nSPS) is 25.0. The third-order valence-electron chi connectivity index (χ3n) is 7.10. The minimum atomic E-state index is -0.405. The molecule has 8 heteroatoms. The molecular formula is C24H30ClN5O2. The summed E-state index contributed by atoms with van der Waals surface area (Å²) in [5.74, 6) is 0.652. The van der Waals surface area contributed by atoms with Gasteiger partial charge in [0.05, 0.1) is 16.9 Å². The maximum atomic E-state index is 13.1. The Kier molecular flexibility index (Phi) is 6.20. The summed E-state index contributed by atoms with van der Waals surface area (Å²) in [6, 6.07) is 6.85. The lowest BCUT2D eigenvalue weighted by atomic mass is 9.84. The van der Waals surface area contributed by atoms with E-state index in [1.165, 1.54) is 32.1 Å². The SMILES string of the molecule is O=C1N[C@@H](CC2CCCCC2)C(=O)N2CCN(Cc3cnn(-c4ccccc4Cl)c3)C[C@H]12. The molecule has 1 saturated carbocycles. The first-order chi connectivity index (χ1) is 15.6. The molecule has 1 aromatic carbocycles. The molecule has 5 rings (SSSR count). The van der Waals surface area contributed by atoms with Crippen LogP contribution in [0.2, 0.25) is 5.02 Å². The molecule has 0 spiro atoms. The van der Waals surface area contributed by atoms with Gasteiger partial charge in [-0.1, -0.05) is 55.8 Å². The molecular weight excluding hydrogens is 426 g/mol. The zero-order valence-corrected chi connectivity index (χ0v) is 19.0. The lowest BCUT2D eigenvalue weighted by Crippen LogP contribution is -2.69. The second-order valence-electron chi connectivity index (χ2n) is 9.33. The maximum Gasteiger partial charge on any atom is 0.245 e. The molecule has 0 radical (unpaired) electrons. The summed E-state index contributed by atoms with van der Waals surface area (Å²) >= 11 is 6.29. The summed E-state index contributed by atoms with van der Waals surface area (Å²) < 4.78 is 1.78. The smallest absolute Gasteiger partial charge is 0.245 e. The zero-order chi connectivity index (χ0) is 22.1. The van der Waals surface area contributed by atoms with Crippen LogP contribution in [-0.2, 0) is 16.1 Å². The molecule has 1 aliphatic carbocycles. The average molecular weight is 456 g/mol. The largest absolute Gasteiger partial charge is 0.342 e. The molecule has 2 saturated heterocycles. The fourth-order valence-corrected chi connectivity index (χ4v) is 5.61. The van der Waals surface area contributed by atoms with E-state index in [1.54, 1.807) is 4.68 Å². The van der Waals surface area contributed by atoms with E-state index in [-0.39, 0.29) is 17.9 Å². The van der Waals surface area contributed by atoms with Crippen molar-refractivity contribution in [2.75, 3.05) is 19.6 Å². The predicted molar refractivity (Wildman–Crippen MR) is 122 cm³/mol. The molecule has 2 aromatic rings. The van der Waals surface area contributed by atoms with E-state index in [4.69, 9.17) is 11.6 Å². The first kappa shape index (κ1) is 21.5. The van der Waals surface area contributed by atoms with Crippen LogP contribution in [-0.4, -0.2) is 63.1 Å². The van der Waals surface area contributed by atoms with Crippen LogP contribution in [0.1, 0.15) is 44.1 Å². The lowest BCUT2D eigenvalue weighted by molar-refractivity contribution is -0.153. The Balaban J connectivity index is 1.21. The fraction of sp³-hybridized carbons (Fsp3) is 0.542. The average Bonchev–Trinajstić information content (AvgIpc) is 3.26. The second-order valence-corrected chi connectivity index (χ2v) is 9.74. The standard InChI is InChI=1S/C24H30ClN5O2/c25-19-8-4-5-9-21(19)30-15-18(13-26-30)14-28-10-11-29-22(16-28)23(31)27-20(24(29)32)12-17-6-2-1-3-7-17/h4-5,8-9,13,15,17,20,22H,1-3,6-7,10-12,14,16H2,(H,27,31)/t20-,22+/m0/s1. The van der Waals surface area contributed by atoms with Crippen molar-refractivity contribution in [3.8, 4) is 5.69 Å². The highest BCUT2D eigenvalue weighted by Gasteiger charge is 2.43. The number of hydrogen-bond donors (Lipinski definition) is 1. The van der Waals surface area contributed by atoms with Gasteiger partial charge in [-0.15, -0.1) is 0 Å². The van der Waals surface area contributed by atoms with Crippen molar-refractivity contribution in [3.63, 3.8) is 0 Å². The summed E-state index contributed by atoms with van der Waals surface area (Å²) in [6.45, 7) is 2.58. The number of piperazine rings is 2. The van der Waals surface area contributed by atoms with Crippen molar-refractivity contribution >= 4 is 23.4 Å². The quantitative estimate of drug-likeness (QED) is 0.752. The van der Waals surface area contributed by atoms with Gasteiger partial charge in [-0.25, -0.2) is 4.68 Å². The Labute approximate surface area is 193 Å². The third kappa shape index (κ3) is 4.41. The fourth-order valence-electron chi connectivity index (χ4n) is 5.39. The molecule has 32 heavy (non-hydrogen) atoms. The zero-order valence-electron chi connectivity index (χ0n) is 18.3. The van der Waals surface area contributed by atoms with E-state index < -0.39 is 6.04 Å². The predicted octanol–water partition coefficient (Wildman–Crippen LogP) is 3.01. The van der Waals surface area contributed by atoms with E-state index in [0.717, 1.165) is 24.2 Å². The minimum absolute atomic E-state index is 0.0122. The van der Waals surface area contributed by atoms with Crippen LogP contribution in [0.5, 0.6) is 0 Å². The number of carbonyl (C=O) groups excluding carboxylic acids is 2. The highest BCUT2D eigenvalue weighted by molar-refractivity contribution is 6.32. The molecule has 3 fully saturated rings. The van der Waals surface area contributed by atoms with Gasteiger partial charge in [0.15, 0.2) is 0 Å². The molecule has 1 N–H and O–H groups in total. The van der Waals surface area contributed by atoms with E-state index >= 15 is 0 Å². The minimum Gasteiger partial charge on any atom is -0.342 e. The number of amides is 2. The number of para-hydroxylation sites is 1. The molecule has 3 heterocycles. The van der Waals surface area contributed by atoms with Gasteiger partial charge >= 0.3 is 0 Å². The van der Waals surface area contributed by atoms with Gasteiger partial charge in [0.1, 0.15) is 12.1 Å². The number of nitrogens with zero attached hydrogens (tertiary/aromatic N) is 4. The van der Waals surface area contributed by atoms with E-state index in [1.807, 2.05) is 41.6 Å². The second kappa shape index (κ2) is 9.24. The van der Waals surface area contributed by atoms with Gasteiger partial charge in [0.2, 0.25) is 11.8 Å². The molecule has 0 unspecified atom stereocenters. The van der Waals surface area contributed by atoms with Crippen molar-refractivity contribution in [1.82, 2.24) is 24.9 Å².